The van der Waals surface area contributed by atoms with Gasteiger partial charge in [-0.05, 0) is 49.5 Å². The summed E-state index contributed by atoms with van der Waals surface area (Å²) >= 11 is 9.87. The van der Waals surface area contributed by atoms with E-state index in [4.69, 9.17) is 16.6 Å². The Balaban J connectivity index is 2.45. The van der Waals surface area contributed by atoms with Crippen LogP contribution in [0.3, 0.4) is 0 Å². The number of hydrogen-bond acceptors (Lipinski definition) is 4. The topological polar surface area (TPSA) is 32.3 Å². The summed E-state index contributed by atoms with van der Waals surface area (Å²) < 4.78 is 0.810. The fourth-order valence-corrected chi connectivity index (χ4v) is 3.58. The van der Waals surface area contributed by atoms with E-state index in [2.05, 4.69) is 65.6 Å². The molecule has 2 heterocycles. The Hall–Kier alpha value is -0.230. The molecule has 0 saturated carbocycles. The Morgan fingerprint density at radius 2 is 1.86 bits per heavy atom. The van der Waals surface area contributed by atoms with Crippen molar-refractivity contribution in [2.75, 3.05) is 33.7 Å². The second kappa shape index (κ2) is 6.49. The van der Waals surface area contributed by atoms with Crippen molar-refractivity contribution in [3.05, 3.63) is 21.1 Å². The lowest BCUT2D eigenvalue weighted by atomic mass is 9.92. The monoisotopic (exact) mass is 374 g/mol. The van der Waals surface area contributed by atoms with E-state index in [1.165, 1.54) is 6.42 Å². The van der Waals surface area contributed by atoms with Crippen LogP contribution in [0.4, 0.5) is 0 Å². The maximum Gasteiger partial charge on any atom is 0.148 e. The van der Waals surface area contributed by atoms with Gasteiger partial charge >= 0.3 is 0 Å². The van der Waals surface area contributed by atoms with Crippen molar-refractivity contribution in [1.82, 2.24) is 19.8 Å². The maximum absolute atomic E-state index is 6.34. The van der Waals surface area contributed by atoms with Gasteiger partial charge in [0.25, 0.3) is 0 Å². The van der Waals surface area contributed by atoms with Crippen molar-refractivity contribution in [3.8, 4) is 0 Å². The molecule has 0 radical (unpaired) electrons. The minimum atomic E-state index is -0.0740. The van der Waals surface area contributed by atoms with E-state index in [0.29, 0.717) is 5.15 Å². The molecule has 0 aliphatic carbocycles. The summed E-state index contributed by atoms with van der Waals surface area (Å²) in [6, 6.07) is 0.184. The van der Waals surface area contributed by atoms with Crippen molar-refractivity contribution >= 4 is 27.5 Å². The first-order chi connectivity index (χ1) is 9.70. The molecule has 0 amide bonds. The first kappa shape index (κ1) is 17.1. The third-order valence-corrected chi connectivity index (χ3v) is 5.16. The van der Waals surface area contributed by atoms with Gasteiger partial charge in [0, 0.05) is 12.0 Å². The molecule has 1 unspecified atom stereocenters. The highest BCUT2D eigenvalue weighted by Crippen LogP contribution is 2.34. The molecular weight excluding hydrogens is 352 g/mol. The fraction of sp³-hybridized carbons (Fsp3) is 0.733. The van der Waals surface area contributed by atoms with Gasteiger partial charge in [-0.25, -0.2) is 9.97 Å². The summed E-state index contributed by atoms with van der Waals surface area (Å²) in [7, 11) is 4.29. The van der Waals surface area contributed by atoms with Crippen LogP contribution >= 0.6 is 27.5 Å². The molecule has 1 aromatic heterocycles. The quantitative estimate of drug-likeness (QED) is 0.703. The fourth-order valence-electron chi connectivity index (χ4n) is 2.63. The van der Waals surface area contributed by atoms with Crippen LogP contribution < -0.4 is 0 Å². The molecule has 1 aromatic rings. The number of rotatable bonds is 1. The maximum atomic E-state index is 6.34. The van der Waals surface area contributed by atoms with Crippen LogP contribution in [0, 0.1) is 0 Å². The number of nitrogens with zero attached hydrogens (tertiary/aromatic N) is 4. The summed E-state index contributed by atoms with van der Waals surface area (Å²) in [5.74, 6) is 0.823. The Morgan fingerprint density at radius 3 is 2.48 bits per heavy atom. The molecule has 1 fully saturated rings. The molecule has 0 bridgehead atoms. The molecule has 2 rings (SSSR count). The number of halogens is 2. The highest BCUT2D eigenvalue weighted by Gasteiger charge is 2.28. The lowest BCUT2D eigenvalue weighted by molar-refractivity contribution is 0.218. The Morgan fingerprint density at radius 1 is 1.19 bits per heavy atom. The first-order valence-corrected chi connectivity index (χ1v) is 8.49. The van der Waals surface area contributed by atoms with Gasteiger partial charge in [-0.1, -0.05) is 32.4 Å². The summed E-state index contributed by atoms with van der Waals surface area (Å²) in [5.41, 5.74) is 0.896. The molecule has 1 aliphatic rings. The standard InChI is InChI=1S/C15H24BrClN4/c1-15(2,3)12-11(16)13(17)19-14(18-12)10-9-20(4)7-6-8-21(10)5/h10H,6-9H2,1-5H3. The molecule has 1 saturated heterocycles. The van der Waals surface area contributed by atoms with E-state index >= 15 is 0 Å². The third-order valence-electron chi connectivity index (χ3n) is 3.90. The minimum Gasteiger partial charge on any atom is -0.304 e. The van der Waals surface area contributed by atoms with E-state index in [1.807, 2.05) is 0 Å². The second-order valence-electron chi connectivity index (χ2n) is 6.90. The molecule has 0 spiro atoms. The average Bonchev–Trinajstić information content (AvgIpc) is 2.53. The summed E-state index contributed by atoms with van der Waals surface area (Å²) in [5, 5.41) is 0.505. The van der Waals surface area contributed by atoms with Gasteiger partial charge in [-0.3, -0.25) is 4.90 Å². The van der Waals surface area contributed by atoms with E-state index in [1.54, 1.807) is 0 Å². The Kier molecular flexibility index (Phi) is 5.29. The van der Waals surface area contributed by atoms with Crippen LogP contribution in [0.5, 0.6) is 0 Å². The highest BCUT2D eigenvalue weighted by atomic mass is 79.9. The lowest BCUT2D eigenvalue weighted by Gasteiger charge is -2.28. The van der Waals surface area contributed by atoms with Gasteiger partial charge in [0.2, 0.25) is 0 Å². The molecular formula is C15H24BrClN4. The van der Waals surface area contributed by atoms with Gasteiger partial charge in [-0.2, -0.15) is 0 Å². The van der Waals surface area contributed by atoms with E-state index < -0.39 is 0 Å². The zero-order valence-corrected chi connectivity index (χ0v) is 15.8. The Labute approximate surface area is 141 Å². The average molecular weight is 376 g/mol. The second-order valence-corrected chi connectivity index (χ2v) is 8.05. The molecule has 21 heavy (non-hydrogen) atoms. The molecule has 6 heteroatoms. The number of hydrogen-bond donors (Lipinski definition) is 0. The summed E-state index contributed by atoms with van der Waals surface area (Å²) in [6.45, 7) is 9.52. The number of likely N-dealkylation sites (N-methyl/N-ethyl adjacent to an activating group) is 2. The zero-order valence-electron chi connectivity index (χ0n) is 13.5. The Bertz CT molecular complexity index is 515. The first-order valence-electron chi connectivity index (χ1n) is 7.32. The van der Waals surface area contributed by atoms with Crippen LogP contribution in [0.1, 0.15) is 44.8 Å². The van der Waals surface area contributed by atoms with E-state index in [0.717, 1.165) is 35.6 Å². The molecule has 4 nitrogen and oxygen atoms in total. The predicted octanol–water partition coefficient (Wildman–Crippen LogP) is 3.50. The number of aromatic nitrogens is 2. The van der Waals surface area contributed by atoms with Gasteiger partial charge in [0.1, 0.15) is 11.0 Å². The molecule has 0 aromatic carbocycles. The van der Waals surface area contributed by atoms with E-state index in [9.17, 15) is 0 Å². The van der Waals surface area contributed by atoms with Crippen LogP contribution in [0.25, 0.3) is 0 Å². The summed E-state index contributed by atoms with van der Waals surface area (Å²) in [6.07, 6.45) is 1.17. The molecule has 1 aliphatic heterocycles. The minimum absolute atomic E-state index is 0.0740. The normalized spacial score (nSPS) is 22.3. The molecule has 0 N–H and O–H groups in total. The lowest BCUT2D eigenvalue weighted by Crippen LogP contribution is -2.32. The third kappa shape index (κ3) is 3.95. The van der Waals surface area contributed by atoms with Crippen molar-refractivity contribution < 1.29 is 0 Å². The predicted molar refractivity (Wildman–Crippen MR) is 90.9 cm³/mol. The van der Waals surface area contributed by atoms with Crippen LogP contribution in [-0.2, 0) is 5.41 Å². The van der Waals surface area contributed by atoms with Crippen molar-refractivity contribution in [1.29, 1.82) is 0 Å². The van der Waals surface area contributed by atoms with Crippen molar-refractivity contribution in [3.63, 3.8) is 0 Å². The van der Waals surface area contributed by atoms with Gasteiger partial charge < -0.3 is 4.90 Å². The van der Waals surface area contributed by atoms with Gasteiger partial charge in [-0.15, -0.1) is 0 Å². The van der Waals surface area contributed by atoms with Crippen LogP contribution in [0.15, 0.2) is 4.47 Å². The van der Waals surface area contributed by atoms with Gasteiger partial charge in [0.15, 0.2) is 0 Å². The SMILES string of the molecule is CN1CCCN(C)C(c2nc(Cl)c(Br)c(C(C)(C)C)n2)C1. The van der Waals surface area contributed by atoms with E-state index in [-0.39, 0.29) is 11.5 Å². The van der Waals surface area contributed by atoms with Crippen LogP contribution in [0.2, 0.25) is 5.15 Å². The van der Waals surface area contributed by atoms with Gasteiger partial charge in [0.05, 0.1) is 16.2 Å². The molecule has 1 atom stereocenters. The largest absolute Gasteiger partial charge is 0.304 e. The van der Waals surface area contributed by atoms with Crippen molar-refractivity contribution in [2.45, 2.75) is 38.6 Å². The molecule has 118 valence electrons. The van der Waals surface area contributed by atoms with Crippen molar-refractivity contribution in [2.24, 2.45) is 0 Å². The summed E-state index contributed by atoms with van der Waals surface area (Å²) in [4.78, 5) is 14.0. The zero-order chi connectivity index (χ0) is 15.8. The highest BCUT2D eigenvalue weighted by molar-refractivity contribution is 9.10. The van der Waals surface area contributed by atoms with Crippen LogP contribution in [-0.4, -0.2) is 53.5 Å². The smallest absolute Gasteiger partial charge is 0.148 e.